The maximum atomic E-state index is 13.1. The summed E-state index contributed by atoms with van der Waals surface area (Å²) < 4.78 is 0. The number of rotatable bonds is 2. The van der Waals surface area contributed by atoms with Crippen molar-refractivity contribution in [2.24, 2.45) is 0 Å². The number of para-hydroxylation sites is 1. The first-order chi connectivity index (χ1) is 11.5. The summed E-state index contributed by atoms with van der Waals surface area (Å²) in [5.41, 5.74) is 2.18. The Bertz CT molecular complexity index is 775. The van der Waals surface area contributed by atoms with Crippen molar-refractivity contribution in [2.45, 2.75) is 30.4 Å². The van der Waals surface area contributed by atoms with Crippen molar-refractivity contribution in [3.63, 3.8) is 0 Å². The minimum absolute atomic E-state index is 0.0376. The fraction of sp³-hybridized carbons (Fsp3) is 0.263. The van der Waals surface area contributed by atoms with Crippen LogP contribution < -0.4 is 10.2 Å². The highest BCUT2D eigenvalue weighted by Gasteiger charge is 2.25. The second-order valence-electron chi connectivity index (χ2n) is 5.90. The van der Waals surface area contributed by atoms with E-state index in [1.54, 1.807) is 24.3 Å². The van der Waals surface area contributed by atoms with Gasteiger partial charge in [0.05, 0.1) is 5.69 Å². The number of hydrogen-bond donors (Lipinski definition) is 1. The van der Waals surface area contributed by atoms with Crippen molar-refractivity contribution in [3.8, 4) is 0 Å². The fourth-order valence-electron chi connectivity index (χ4n) is 2.79. The molecule has 0 aliphatic carbocycles. The van der Waals surface area contributed by atoms with Crippen LogP contribution in [0.2, 0.25) is 0 Å². The van der Waals surface area contributed by atoms with E-state index in [2.05, 4.69) is 18.3 Å². The molecule has 0 saturated carbocycles. The molecule has 0 radical (unpaired) electrons. The maximum Gasteiger partial charge on any atom is 0.258 e. The van der Waals surface area contributed by atoms with Gasteiger partial charge in [-0.2, -0.15) is 0 Å². The highest BCUT2D eigenvalue weighted by molar-refractivity contribution is 8.00. The molecule has 2 amide bonds. The topological polar surface area (TPSA) is 49.4 Å². The molecule has 2 aromatic rings. The summed E-state index contributed by atoms with van der Waals surface area (Å²) >= 11 is 1.81. The van der Waals surface area contributed by atoms with E-state index >= 15 is 0 Å². The average molecular weight is 340 g/mol. The molecular weight excluding hydrogens is 320 g/mol. The molecule has 3 rings (SSSR count). The Balaban J connectivity index is 1.93. The molecule has 0 spiro atoms. The van der Waals surface area contributed by atoms with Gasteiger partial charge in [-0.15, -0.1) is 11.8 Å². The fourth-order valence-corrected chi connectivity index (χ4v) is 3.90. The van der Waals surface area contributed by atoms with E-state index in [1.807, 2.05) is 34.9 Å². The predicted molar refractivity (Wildman–Crippen MR) is 98.8 cm³/mol. The minimum Gasteiger partial charge on any atom is -0.326 e. The minimum atomic E-state index is -0.148. The monoisotopic (exact) mass is 340 g/mol. The molecule has 0 fully saturated rings. The van der Waals surface area contributed by atoms with Gasteiger partial charge in [0, 0.05) is 34.9 Å². The van der Waals surface area contributed by atoms with Gasteiger partial charge in [-0.1, -0.05) is 25.1 Å². The van der Waals surface area contributed by atoms with Gasteiger partial charge in [0.2, 0.25) is 5.91 Å². The third kappa shape index (κ3) is 3.62. The summed E-state index contributed by atoms with van der Waals surface area (Å²) in [6.07, 6.45) is 0.941. The van der Waals surface area contributed by atoms with Gasteiger partial charge in [0.25, 0.3) is 5.91 Å². The Labute approximate surface area is 146 Å². The molecular formula is C19H20N2O2S. The average Bonchev–Trinajstić information content (AvgIpc) is 2.72. The molecule has 0 saturated heterocycles. The number of thioether (sulfide) groups is 1. The number of benzene rings is 2. The summed E-state index contributed by atoms with van der Waals surface area (Å²) in [5.74, 6) is -0.186. The second kappa shape index (κ2) is 7.09. The lowest BCUT2D eigenvalue weighted by Crippen LogP contribution is -2.32. The van der Waals surface area contributed by atoms with Crippen LogP contribution in [0.1, 0.15) is 30.6 Å². The Kier molecular flexibility index (Phi) is 4.90. The van der Waals surface area contributed by atoms with Crippen LogP contribution in [0.15, 0.2) is 53.4 Å². The van der Waals surface area contributed by atoms with Crippen molar-refractivity contribution >= 4 is 35.0 Å². The van der Waals surface area contributed by atoms with Crippen molar-refractivity contribution in [2.75, 3.05) is 16.8 Å². The van der Waals surface area contributed by atoms with Crippen LogP contribution in [0.4, 0.5) is 11.4 Å². The summed E-state index contributed by atoms with van der Waals surface area (Å²) in [6.45, 7) is 4.33. The molecule has 0 bridgehead atoms. The van der Waals surface area contributed by atoms with Gasteiger partial charge in [0.15, 0.2) is 0 Å². The number of amides is 2. The third-order valence-electron chi connectivity index (χ3n) is 3.92. The van der Waals surface area contributed by atoms with Crippen molar-refractivity contribution in [1.29, 1.82) is 0 Å². The summed E-state index contributed by atoms with van der Waals surface area (Å²) in [4.78, 5) is 27.3. The van der Waals surface area contributed by atoms with E-state index in [-0.39, 0.29) is 11.8 Å². The van der Waals surface area contributed by atoms with E-state index in [4.69, 9.17) is 0 Å². The van der Waals surface area contributed by atoms with Crippen LogP contribution in [0, 0.1) is 0 Å². The molecule has 0 unspecified atom stereocenters. The van der Waals surface area contributed by atoms with Crippen LogP contribution in [0.3, 0.4) is 0 Å². The number of nitrogens with one attached hydrogen (secondary N) is 1. The molecule has 2 aromatic carbocycles. The van der Waals surface area contributed by atoms with Crippen LogP contribution in [-0.2, 0) is 4.79 Å². The van der Waals surface area contributed by atoms with E-state index in [0.29, 0.717) is 23.0 Å². The van der Waals surface area contributed by atoms with Crippen LogP contribution in [-0.4, -0.2) is 23.6 Å². The van der Waals surface area contributed by atoms with Gasteiger partial charge in [-0.05, 0) is 36.8 Å². The molecule has 4 nitrogen and oxygen atoms in total. The zero-order valence-electron chi connectivity index (χ0n) is 13.8. The standard InChI is InChI=1S/C19H20N2O2S/c1-13-10-11-21(17-8-3-4-9-18(17)24-13)19(23)15-6-5-7-16(12-15)20-14(2)22/h3-9,12-13H,10-11H2,1-2H3,(H,20,22)/t13-/m1/s1. The van der Waals surface area contributed by atoms with Crippen LogP contribution in [0.25, 0.3) is 0 Å². The first kappa shape index (κ1) is 16.6. The van der Waals surface area contributed by atoms with Crippen molar-refractivity contribution in [3.05, 3.63) is 54.1 Å². The quantitative estimate of drug-likeness (QED) is 0.892. The number of anilines is 2. The van der Waals surface area contributed by atoms with Crippen molar-refractivity contribution < 1.29 is 9.59 Å². The van der Waals surface area contributed by atoms with Gasteiger partial charge in [-0.3, -0.25) is 9.59 Å². The van der Waals surface area contributed by atoms with Gasteiger partial charge < -0.3 is 10.2 Å². The summed E-state index contributed by atoms with van der Waals surface area (Å²) in [5, 5.41) is 3.20. The molecule has 124 valence electrons. The zero-order chi connectivity index (χ0) is 17.1. The number of carbonyl (C=O) groups is 2. The van der Waals surface area contributed by atoms with Gasteiger partial charge >= 0.3 is 0 Å². The van der Waals surface area contributed by atoms with E-state index in [0.717, 1.165) is 17.0 Å². The van der Waals surface area contributed by atoms with Crippen LogP contribution in [0.5, 0.6) is 0 Å². The SMILES string of the molecule is CC(=O)Nc1cccc(C(=O)N2CC[C@@H](C)Sc3ccccc32)c1. The lowest BCUT2D eigenvalue weighted by molar-refractivity contribution is -0.114. The van der Waals surface area contributed by atoms with E-state index in [1.165, 1.54) is 6.92 Å². The van der Waals surface area contributed by atoms with Crippen molar-refractivity contribution in [1.82, 2.24) is 0 Å². The maximum absolute atomic E-state index is 13.1. The summed E-state index contributed by atoms with van der Waals surface area (Å²) in [6, 6.07) is 15.1. The number of nitrogens with zero attached hydrogens (tertiary/aromatic N) is 1. The van der Waals surface area contributed by atoms with E-state index < -0.39 is 0 Å². The first-order valence-electron chi connectivity index (χ1n) is 8.00. The molecule has 1 N–H and O–H groups in total. The number of carbonyl (C=O) groups excluding carboxylic acids is 2. The lowest BCUT2D eigenvalue weighted by atomic mass is 10.1. The highest BCUT2D eigenvalue weighted by Crippen LogP contribution is 2.37. The third-order valence-corrected chi connectivity index (χ3v) is 5.16. The van der Waals surface area contributed by atoms with E-state index in [9.17, 15) is 9.59 Å². The first-order valence-corrected chi connectivity index (χ1v) is 8.88. The number of hydrogen-bond acceptors (Lipinski definition) is 3. The lowest BCUT2D eigenvalue weighted by Gasteiger charge is -2.22. The molecule has 1 aliphatic heterocycles. The summed E-state index contributed by atoms with van der Waals surface area (Å²) in [7, 11) is 0. The smallest absolute Gasteiger partial charge is 0.258 e. The Morgan fingerprint density at radius 1 is 1.17 bits per heavy atom. The second-order valence-corrected chi connectivity index (χ2v) is 7.38. The Morgan fingerprint density at radius 2 is 1.96 bits per heavy atom. The molecule has 1 atom stereocenters. The number of fused-ring (bicyclic) bond motifs is 1. The zero-order valence-corrected chi connectivity index (χ0v) is 14.6. The van der Waals surface area contributed by atoms with Gasteiger partial charge in [0.1, 0.15) is 0 Å². The largest absolute Gasteiger partial charge is 0.326 e. The molecule has 1 aliphatic rings. The highest BCUT2D eigenvalue weighted by atomic mass is 32.2. The Hall–Kier alpha value is -2.27. The predicted octanol–water partition coefficient (Wildman–Crippen LogP) is 4.18. The van der Waals surface area contributed by atoms with Gasteiger partial charge in [-0.25, -0.2) is 0 Å². The molecule has 24 heavy (non-hydrogen) atoms. The Morgan fingerprint density at radius 3 is 2.75 bits per heavy atom. The van der Waals surface area contributed by atoms with Crippen LogP contribution >= 0.6 is 11.8 Å². The normalized spacial score (nSPS) is 16.9. The molecule has 1 heterocycles. The molecule has 0 aromatic heterocycles. The molecule has 5 heteroatoms.